The summed E-state index contributed by atoms with van der Waals surface area (Å²) >= 11 is 1.97. The maximum atomic E-state index is 3.48. The van der Waals surface area contributed by atoms with Crippen molar-refractivity contribution in [1.82, 2.24) is 10.2 Å². The molecular formula is C12H20N2S. The molecule has 1 fully saturated rings. The molecular weight excluding hydrogens is 204 g/mol. The van der Waals surface area contributed by atoms with Crippen LogP contribution in [0, 0.1) is 0 Å². The lowest BCUT2D eigenvalue weighted by Crippen LogP contribution is -2.48. The van der Waals surface area contributed by atoms with Crippen molar-refractivity contribution < 1.29 is 0 Å². The Morgan fingerprint density at radius 1 is 1.47 bits per heavy atom. The highest BCUT2D eigenvalue weighted by Crippen LogP contribution is 2.19. The maximum absolute atomic E-state index is 3.48. The first-order valence-electron chi connectivity index (χ1n) is 5.81. The van der Waals surface area contributed by atoms with Crippen molar-refractivity contribution >= 4 is 11.3 Å². The Morgan fingerprint density at radius 2 is 2.27 bits per heavy atom. The molecule has 0 aromatic carbocycles. The van der Waals surface area contributed by atoms with Gasteiger partial charge >= 0.3 is 0 Å². The number of rotatable bonds is 3. The van der Waals surface area contributed by atoms with Gasteiger partial charge in [0.15, 0.2) is 0 Å². The van der Waals surface area contributed by atoms with Crippen molar-refractivity contribution in [3.05, 3.63) is 21.9 Å². The van der Waals surface area contributed by atoms with Gasteiger partial charge in [-0.2, -0.15) is 0 Å². The van der Waals surface area contributed by atoms with E-state index in [-0.39, 0.29) is 0 Å². The van der Waals surface area contributed by atoms with Crippen LogP contribution in [-0.4, -0.2) is 30.6 Å². The predicted molar refractivity (Wildman–Crippen MR) is 66.4 cm³/mol. The molecule has 84 valence electrons. The Balaban J connectivity index is 1.90. The van der Waals surface area contributed by atoms with Crippen LogP contribution in [0.1, 0.15) is 23.6 Å². The van der Waals surface area contributed by atoms with E-state index in [1.165, 1.54) is 29.3 Å². The second-order valence-electron chi connectivity index (χ2n) is 4.31. The fourth-order valence-corrected chi connectivity index (χ4v) is 3.07. The molecule has 1 saturated heterocycles. The topological polar surface area (TPSA) is 15.3 Å². The lowest BCUT2D eigenvalue weighted by Gasteiger charge is -2.31. The van der Waals surface area contributed by atoms with Crippen LogP contribution < -0.4 is 5.32 Å². The molecule has 1 aromatic rings. The van der Waals surface area contributed by atoms with Crippen LogP contribution in [0.4, 0.5) is 0 Å². The van der Waals surface area contributed by atoms with Crippen molar-refractivity contribution in [2.45, 2.75) is 32.9 Å². The quantitative estimate of drug-likeness (QED) is 0.846. The van der Waals surface area contributed by atoms with Crippen molar-refractivity contribution in [1.29, 1.82) is 0 Å². The minimum Gasteiger partial charge on any atom is -0.312 e. The van der Waals surface area contributed by atoms with E-state index in [0.29, 0.717) is 6.04 Å². The van der Waals surface area contributed by atoms with Gasteiger partial charge in [-0.15, -0.1) is 11.3 Å². The fourth-order valence-electron chi connectivity index (χ4n) is 2.07. The third-order valence-corrected chi connectivity index (χ3v) is 4.11. The summed E-state index contributed by atoms with van der Waals surface area (Å²) in [4.78, 5) is 5.57. The summed E-state index contributed by atoms with van der Waals surface area (Å²) in [6, 6.07) is 5.20. The van der Waals surface area contributed by atoms with Gasteiger partial charge in [0.2, 0.25) is 0 Å². The molecule has 1 unspecified atom stereocenters. The number of nitrogens with zero attached hydrogens (tertiary/aromatic N) is 1. The van der Waals surface area contributed by atoms with E-state index in [0.717, 1.165) is 13.1 Å². The number of hydrogen-bond acceptors (Lipinski definition) is 3. The van der Waals surface area contributed by atoms with Crippen LogP contribution in [0.15, 0.2) is 12.1 Å². The summed E-state index contributed by atoms with van der Waals surface area (Å²) < 4.78 is 0. The Morgan fingerprint density at radius 3 is 2.93 bits per heavy atom. The van der Waals surface area contributed by atoms with E-state index in [1.807, 2.05) is 11.3 Å². The van der Waals surface area contributed by atoms with Gasteiger partial charge in [0.25, 0.3) is 0 Å². The summed E-state index contributed by atoms with van der Waals surface area (Å²) in [6.07, 6.45) is 1.17. The third-order valence-electron chi connectivity index (χ3n) is 2.90. The van der Waals surface area contributed by atoms with Crippen LogP contribution in [0.3, 0.4) is 0 Å². The van der Waals surface area contributed by atoms with Crippen molar-refractivity contribution in [2.75, 3.05) is 19.6 Å². The molecule has 15 heavy (non-hydrogen) atoms. The first-order chi connectivity index (χ1) is 7.28. The van der Waals surface area contributed by atoms with E-state index >= 15 is 0 Å². The van der Waals surface area contributed by atoms with Crippen molar-refractivity contribution in [3.8, 4) is 0 Å². The average Bonchev–Trinajstić information content (AvgIpc) is 2.65. The highest BCUT2D eigenvalue weighted by molar-refractivity contribution is 7.11. The summed E-state index contributed by atoms with van der Waals surface area (Å²) in [7, 11) is 0. The molecule has 2 heterocycles. The first-order valence-corrected chi connectivity index (χ1v) is 6.63. The van der Waals surface area contributed by atoms with E-state index in [2.05, 4.69) is 36.2 Å². The van der Waals surface area contributed by atoms with Crippen molar-refractivity contribution in [3.63, 3.8) is 0 Å². The number of hydrogen-bond donors (Lipinski definition) is 1. The van der Waals surface area contributed by atoms with Gasteiger partial charge in [-0.3, -0.25) is 4.90 Å². The van der Waals surface area contributed by atoms with E-state index in [4.69, 9.17) is 0 Å². The van der Waals surface area contributed by atoms with Gasteiger partial charge in [-0.25, -0.2) is 0 Å². The molecule has 0 amide bonds. The molecule has 0 spiro atoms. The average molecular weight is 224 g/mol. The molecule has 1 atom stereocenters. The molecule has 0 bridgehead atoms. The highest BCUT2D eigenvalue weighted by Gasteiger charge is 2.15. The van der Waals surface area contributed by atoms with E-state index in [1.54, 1.807) is 0 Å². The summed E-state index contributed by atoms with van der Waals surface area (Å²) in [6.45, 7) is 9.12. The minimum atomic E-state index is 0.643. The summed E-state index contributed by atoms with van der Waals surface area (Å²) in [5, 5.41) is 3.48. The minimum absolute atomic E-state index is 0.643. The zero-order chi connectivity index (χ0) is 10.7. The molecule has 2 nitrogen and oxygen atoms in total. The maximum Gasteiger partial charge on any atom is 0.0329 e. The zero-order valence-corrected chi connectivity index (χ0v) is 10.4. The normalized spacial score (nSPS) is 23.2. The number of thiophene rings is 1. The van der Waals surface area contributed by atoms with Gasteiger partial charge < -0.3 is 5.32 Å². The van der Waals surface area contributed by atoms with Crippen LogP contribution in [0.5, 0.6) is 0 Å². The monoisotopic (exact) mass is 224 g/mol. The molecule has 1 N–H and O–H groups in total. The number of aryl methyl sites for hydroxylation is 1. The second-order valence-corrected chi connectivity index (χ2v) is 5.56. The first kappa shape index (κ1) is 11.1. The molecule has 0 saturated carbocycles. The van der Waals surface area contributed by atoms with Crippen LogP contribution in [-0.2, 0) is 13.0 Å². The Bertz CT molecular complexity index is 308. The van der Waals surface area contributed by atoms with Gasteiger partial charge in [-0.05, 0) is 25.5 Å². The second kappa shape index (κ2) is 5.10. The largest absolute Gasteiger partial charge is 0.312 e. The standard InChI is InChI=1S/C12H20N2S/c1-3-11-4-5-12(15-11)9-14-7-6-13-10(2)8-14/h4-5,10,13H,3,6-9H2,1-2H3. The summed E-state index contributed by atoms with van der Waals surface area (Å²) in [5.41, 5.74) is 0. The van der Waals surface area contributed by atoms with Crippen LogP contribution in [0.25, 0.3) is 0 Å². The molecule has 2 rings (SSSR count). The van der Waals surface area contributed by atoms with Gasteiger partial charge in [0, 0.05) is 42.0 Å². The Hall–Kier alpha value is -0.380. The molecule has 0 radical (unpaired) electrons. The van der Waals surface area contributed by atoms with Crippen LogP contribution in [0.2, 0.25) is 0 Å². The van der Waals surface area contributed by atoms with Crippen molar-refractivity contribution in [2.24, 2.45) is 0 Å². The summed E-state index contributed by atoms with van der Waals surface area (Å²) in [5.74, 6) is 0. The SMILES string of the molecule is CCc1ccc(CN2CCNC(C)C2)s1. The smallest absolute Gasteiger partial charge is 0.0329 e. The zero-order valence-electron chi connectivity index (χ0n) is 9.62. The molecule has 3 heteroatoms. The lowest BCUT2D eigenvalue weighted by molar-refractivity contribution is 0.201. The van der Waals surface area contributed by atoms with Gasteiger partial charge in [0.05, 0.1) is 0 Å². The Labute approximate surface area is 96.3 Å². The number of nitrogens with one attached hydrogen (secondary N) is 1. The third kappa shape index (κ3) is 3.03. The number of piperazine rings is 1. The highest BCUT2D eigenvalue weighted by atomic mass is 32.1. The van der Waals surface area contributed by atoms with Crippen LogP contribution >= 0.6 is 11.3 Å². The predicted octanol–water partition coefficient (Wildman–Crippen LogP) is 2.10. The molecule has 1 aliphatic rings. The lowest BCUT2D eigenvalue weighted by atomic mass is 10.2. The van der Waals surface area contributed by atoms with Gasteiger partial charge in [-0.1, -0.05) is 6.92 Å². The Kier molecular flexibility index (Phi) is 3.78. The van der Waals surface area contributed by atoms with Gasteiger partial charge in [0.1, 0.15) is 0 Å². The van der Waals surface area contributed by atoms with E-state index < -0.39 is 0 Å². The molecule has 0 aliphatic carbocycles. The molecule has 1 aliphatic heterocycles. The molecule has 1 aromatic heterocycles. The fraction of sp³-hybridized carbons (Fsp3) is 0.667. The van der Waals surface area contributed by atoms with E-state index in [9.17, 15) is 0 Å².